The third kappa shape index (κ3) is 3.84. The van der Waals surface area contributed by atoms with Crippen LogP contribution in [0.15, 0.2) is 30.3 Å². The normalized spacial score (nSPS) is 10.2. The number of nitrogens with one attached hydrogen (secondary N) is 2. The summed E-state index contributed by atoms with van der Waals surface area (Å²) in [5.41, 5.74) is 7.90. The van der Waals surface area contributed by atoms with Crippen LogP contribution in [-0.2, 0) is 0 Å². The highest BCUT2D eigenvalue weighted by Crippen LogP contribution is 2.18. The summed E-state index contributed by atoms with van der Waals surface area (Å²) in [4.78, 5) is 8.32. The van der Waals surface area contributed by atoms with Gasteiger partial charge < -0.3 is 16.4 Å². The molecule has 1 aromatic heterocycles. The van der Waals surface area contributed by atoms with Crippen LogP contribution in [0.1, 0.15) is 18.9 Å². The van der Waals surface area contributed by atoms with E-state index >= 15 is 0 Å². The fraction of sp³-hybridized carbons (Fsp3) is 0.286. The predicted molar refractivity (Wildman–Crippen MR) is 79.7 cm³/mol. The van der Waals surface area contributed by atoms with Crippen molar-refractivity contribution in [2.45, 2.75) is 20.3 Å². The second-order valence-corrected chi connectivity index (χ2v) is 4.41. The first kappa shape index (κ1) is 13.1. The molecule has 100 valence electrons. The third-order valence-corrected chi connectivity index (χ3v) is 2.62. The summed E-state index contributed by atoms with van der Waals surface area (Å²) >= 11 is 0. The largest absolute Gasteiger partial charge is 0.370 e. The molecule has 1 aromatic carbocycles. The highest BCUT2D eigenvalue weighted by molar-refractivity contribution is 5.60. The molecule has 0 spiro atoms. The third-order valence-electron chi connectivity index (χ3n) is 2.62. The van der Waals surface area contributed by atoms with Gasteiger partial charge in [0.15, 0.2) is 0 Å². The van der Waals surface area contributed by atoms with Crippen molar-refractivity contribution >= 4 is 23.3 Å². The summed E-state index contributed by atoms with van der Waals surface area (Å²) in [6.07, 6.45) is 1.03. The van der Waals surface area contributed by atoms with Crippen LogP contribution in [0.25, 0.3) is 0 Å². The number of nitrogens with zero attached hydrogens (tertiary/aromatic N) is 2. The van der Waals surface area contributed by atoms with Crippen LogP contribution in [0.4, 0.5) is 23.3 Å². The van der Waals surface area contributed by atoms with E-state index in [0.717, 1.165) is 24.5 Å². The summed E-state index contributed by atoms with van der Waals surface area (Å²) in [6, 6.07) is 9.96. The summed E-state index contributed by atoms with van der Waals surface area (Å²) in [5.74, 6) is 1.69. The van der Waals surface area contributed by atoms with Crippen LogP contribution < -0.4 is 16.4 Å². The van der Waals surface area contributed by atoms with E-state index in [1.54, 1.807) is 0 Å². The maximum atomic E-state index is 5.71. The van der Waals surface area contributed by atoms with Gasteiger partial charge in [0, 0.05) is 18.3 Å². The van der Waals surface area contributed by atoms with Gasteiger partial charge in [0.05, 0.1) is 0 Å². The molecule has 0 aliphatic carbocycles. The minimum atomic E-state index is 0.260. The second kappa shape index (κ2) is 6.04. The first-order chi connectivity index (χ1) is 9.17. The van der Waals surface area contributed by atoms with Gasteiger partial charge in [-0.05, 0) is 25.5 Å². The number of aryl methyl sites for hydroxylation is 1. The van der Waals surface area contributed by atoms with Crippen molar-refractivity contribution in [3.8, 4) is 0 Å². The molecule has 19 heavy (non-hydrogen) atoms. The van der Waals surface area contributed by atoms with Gasteiger partial charge in [-0.2, -0.15) is 9.97 Å². The summed E-state index contributed by atoms with van der Waals surface area (Å²) in [6.45, 7) is 5.02. The zero-order valence-corrected chi connectivity index (χ0v) is 11.3. The lowest BCUT2D eigenvalue weighted by Crippen LogP contribution is -2.06. The Morgan fingerprint density at radius 3 is 2.47 bits per heavy atom. The SMILES string of the molecule is CCCNc1cc(Nc2ccc(C)cc2)nc(N)n1. The summed E-state index contributed by atoms with van der Waals surface area (Å²) < 4.78 is 0. The molecule has 4 N–H and O–H groups in total. The summed E-state index contributed by atoms with van der Waals surface area (Å²) in [7, 11) is 0. The highest BCUT2D eigenvalue weighted by Gasteiger charge is 2.02. The van der Waals surface area contributed by atoms with Crippen LogP contribution in [0.3, 0.4) is 0 Å². The highest BCUT2D eigenvalue weighted by atomic mass is 15.1. The van der Waals surface area contributed by atoms with Crippen LogP contribution in [0.2, 0.25) is 0 Å². The summed E-state index contributed by atoms with van der Waals surface area (Å²) in [5, 5.41) is 6.42. The molecule has 5 nitrogen and oxygen atoms in total. The van der Waals surface area contributed by atoms with Crippen molar-refractivity contribution in [1.29, 1.82) is 0 Å². The average molecular weight is 257 g/mol. The number of nitrogens with two attached hydrogens (primary N) is 1. The number of hydrogen-bond acceptors (Lipinski definition) is 5. The molecule has 0 aliphatic heterocycles. The van der Waals surface area contributed by atoms with Gasteiger partial charge in [0.25, 0.3) is 0 Å². The fourth-order valence-corrected chi connectivity index (χ4v) is 1.66. The van der Waals surface area contributed by atoms with E-state index in [4.69, 9.17) is 5.73 Å². The quantitative estimate of drug-likeness (QED) is 0.767. The van der Waals surface area contributed by atoms with Crippen molar-refractivity contribution in [2.75, 3.05) is 22.9 Å². The number of hydrogen-bond donors (Lipinski definition) is 3. The topological polar surface area (TPSA) is 75.9 Å². The van der Waals surface area contributed by atoms with E-state index in [2.05, 4.69) is 34.4 Å². The van der Waals surface area contributed by atoms with E-state index < -0.39 is 0 Å². The number of rotatable bonds is 5. The van der Waals surface area contributed by atoms with Gasteiger partial charge >= 0.3 is 0 Å². The van der Waals surface area contributed by atoms with Crippen molar-refractivity contribution in [2.24, 2.45) is 0 Å². The molecule has 1 heterocycles. The number of anilines is 4. The maximum absolute atomic E-state index is 5.71. The van der Waals surface area contributed by atoms with Crippen LogP contribution >= 0.6 is 0 Å². The van der Waals surface area contributed by atoms with Crippen molar-refractivity contribution in [1.82, 2.24) is 9.97 Å². The number of nitrogen functional groups attached to an aromatic ring is 1. The van der Waals surface area contributed by atoms with E-state index in [9.17, 15) is 0 Å². The minimum Gasteiger partial charge on any atom is -0.370 e. The van der Waals surface area contributed by atoms with Gasteiger partial charge in [-0.25, -0.2) is 0 Å². The lowest BCUT2D eigenvalue weighted by molar-refractivity contribution is 0.967. The van der Waals surface area contributed by atoms with E-state index in [-0.39, 0.29) is 5.95 Å². The van der Waals surface area contributed by atoms with E-state index in [1.165, 1.54) is 5.56 Å². The maximum Gasteiger partial charge on any atom is 0.223 e. The zero-order valence-electron chi connectivity index (χ0n) is 11.3. The molecule has 0 saturated carbocycles. The van der Waals surface area contributed by atoms with Crippen LogP contribution in [0, 0.1) is 6.92 Å². The molecule has 2 aromatic rings. The van der Waals surface area contributed by atoms with Crippen LogP contribution in [0.5, 0.6) is 0 Å². The monoisotopic (exact) mass is 257 g/mol. The standard InChI is InChI=1S/C14H19N5/c1-3-8-16-12-9-13(19-14(15)18-12)17-11-6-4-10(2)5-7-11/h4-7,9H,3,8H2,1-2H3,(H4,15,16,17,18,19). The average Bonchev–Trinajstić information content (AvgIpc) is 2.38. The Bertz CT molecular complexity index is 536. The van der Waals surface area contributed by atoms with Crippen molar-refractivity contribution in [3.63, 3.8) is 0 Å². The molecule has 0 aliphatic rings. The molecular weight excluding hydrogens is 238 g/mol. The smallest absolute Gasteiger partial charge is 0.223 e. The molecule has 0 amide bonds. The molecule has 0 bridgehead atoms. The first-order valence-electron chi connectivity index (χ1n) is 6.39. The molecule has 0 radical (unpaired) electrons. The molecule has 5 heteroatoms. The lowest BCUT2D eigenvalue weighted by atomic mass is 10.2. The Balaban J connectivity index is 2.15. The Kier molecular flexibility index (Phi) is 4.18. The Hall–Kier alpha value is -2.30. The minimum absolute atomic E-state index is 0.260. The van der Waals surface area contributed by atoms with Gasteiger partial charge in [-0.1, -0.05) is 24.6 Å². The Morgan fingerprint density at radius 2 is 1.79 bits per heavy atom. The Labute approximate surface area is 113 Å². The molecular formula is C14H19N5. The van der Waals surface area contributed by atoms with Crippen LogP contribution in [-0.4, -0.2) is 16.5 Å². The molecule has 0 fully saturated rings. The number of benzene rings is 1. The van der Waals surface area contributed by atoms with E-state index in [1.807, 2.05) is 30.3 Å². The lowest BCUT2D eigenvalue weighted by Gasteiger charge is -2.09. The van der Waals surface area contributed by atoms with Crippen molar-refractivity contribution < 1.29 is 0 Å². The van der Waals surface area contributed by atoms with Gasteiger partial charge in [0.1, 0.15) is 11.6 Å². The Morgan fingerprint density at radius 1 is 1.11 bits per heavy atom. The second-order valence-electron chi connectivity index (χ2n) is 4.41. The van der Waals surface area contributed by atoms with Gasteiger partial charge in [0.2, 0.25) is 5.95 Å². The molecule has 2 rings (SSSR count). The molecule has 0 saturated heterocycles. The fourth-order valence-electron chi connectivity index (χ4n) is 1.66. The number of aromatic nitrogens is 2. The first-order valence-corrected chi connectivity index (χ1v) is 6.39. The molecule has 0 atom stereocenters. The predicted octanol–water partition coefficient (Wildman–Crippen LogP) is 2.93. The van der Waals surface area contributed by atoms with E-state index in [0.29, 0.717) is 5.82 Å². The molecule has 0 unspecified atom stereocenters. The van der Waals surface area contributed by atoms with Crippen molar-refractivity contribution in [3.05, 3.63) is 35.9 Å². The zero-order chi connectivity index (χ0) is 13.7. The van der Waals surface area contributed by atoms with Gasteiger partial charge in [-0.3, -0.25) is 0 Å². The van der Waals surface area contributed by atoms with Gasteiger partial charge in [-0.15, -0.1) is 0 Å².